The molecule has 2 aromatic rings. The van der Waals surface area contributed by atoms with E-state index in [1.165, 1.54) is 12.0 Å². The van der Waals surface area contributed by atoms with Gasteiger partial charge in [-0.25, -0.2) is 9.78 Å². The predicted molar refractivity (Wildman–Crippen MR) is 112 cm³/mol. The first-order chi connectivity index (χ1) is 13.7. The van der Waals surface area contributed by atoms with Crippen molar-refractivity contribution in [1.82, 2.24) is 24.7 Å². The van der Waals surface area contributed by atoms with Crippen molar-refractivity contribution < 1.29 is 4.79 Å². The molecular weight excluding hydrogens is 350 g/mol. The molecule has 0 aliphatic carbocycles. The van der Waals surface area contributed by atoms with Crippen molar-refractivity contribution in [3.63, 3.8) is 0 Å². The predicted octanol–water partition coefficient (Wildman–Crippen LogP) is 3.18. The highest BCUT2D eigenvalue weighted by Crippen LogP contribution is 2.10. The van der Waals surface area contributed by atoms with Crippen LogP contribution in [0.15, 0.2) is 49.1 Å². The fourth-order valence-corrected chi connectivity index (χ4v) is 3.73. The van der Waals surface area contributed by atoms with Crippen LogP contribution in [0.4, 0.5) is 4.79 Å². The quantitative estimate of drug-likeness (QED) is 0.762. The minimum atomic E-state index is 0.0731. The average Bonchev–Trinajstić information content (AvgIpc) is 3.15. The molecule has 0 saturated carbocycles. The Balaban J connectivity index is 1.33. The van der Waals surface area contributed by atoms with Gasteiger partial charge in [-0.3, -0.25) is 0 Å². The molecule has 0 bridgehead atoms. The second kappa shape index (κ2) is 10.9. The van der Waals surface area contributed by atoms with E-state index in [1.54, 1.807) is 6.20 Å². The molecule has 1 aliphatic heterocycles. The van der Waals surface area contributed by atoms with Crippen molar-refractivity contribution in [2.45, 2.75) is 38.6 Å². The van der Waals surface area contributed by atoms with Crippen LogP contribution in [0, 0.1) is 0 Å². The normalized spacial score (nSPS) is 16.5. The van der Waals surface area contributed by atoms with Gasteiger partial charge in [0, 0.05) is 44.6 Å². The molecule has 6 heteroatoms. The molecule has 2 heterocycles. The first-order valence-corrected chi connectivity index (χ1v) is 10.5. The Kier molecular flexibility index (Phi) is 7.91. The van der Waals surface area contributed by atoms with E-state index in [0.29, 0.717) is 12.6 Å². The molecule has 1 fully saturated rings. The van der Waals surface area contributed by atoms with Crippen LogP contribution in [-0.4, -0.2) is 64.7 Å². The molecule has 0 unspecified atom stereocenters. The summed E-state index contributed by atoms with van der Waals surface area (Å²) >= 11 is 0. The highest BCUT2D eigenvalue weighted by Gasteiger charge is 2.18. The number of carbonyl (C=O) groups excluding carboxylic acids is 1. The minimum absolute atomic E-state index is 0.0731. The number of hydrogen-bond donors (Lipinski definition) is 1. The standard InChI is InChI=1S/C22H33N5O/c1-20(27-16-12-23-19-27)10-11-24-22(28)26-15-6-14-25(17-18-26)13-5-9-21-7-3-2-4-8-21/h2-4,7-8,12,16,19-20H,5-6,9-11,13-15,17-18H2,1H3,(H,24,28)/t20-/m1/s1. The first kappa shape index (κ1) is 20.4. The number of carbonyl (C=O) groups is 1. The molecule has 1 N–H and O–H groups in total. The van der Waals surface area contributed by atoms with Crippen LogP contribution in [0.25, 0.3) is 0 Å². The van der Waals surface area contributed by atoms with E-state index in [1.807, 2.05) is 17.4 Å². The number of nitrogens with one attached hydrogen (secondary N) is 1. The number of rotatable bonds is 8. The zero-order chi connectivity index (χ0) is 19.6. The van der Waals surface area contributed by atoms with Gasteiger partial charge in [0.2, 0.25) is 0 Å². The van der Waals surface area contributed by atoms with E-state index in [4.69, 9.17) is 0 Å². The summed E-state index contributed by atoms with van der Waals surface area (Å²) in [6.45, 7) is 7.64. The lowest BCUT2D eigenvalue weighted by atomic mass is 10.1. The fraction of sp³-hybridized carbons (Fsp3) is 0.545. The Morgan fingerprint density at radius 3 is 2.82 bits per heavy atom. The van der Waals surface area contributed by atoms with Crippen molar-refractivity contribution in [3.05, 3.63) is 54.6 Å². The van der Waals surface area contributed by atoms with E-state index < -0.39 is 0 Å². The summed E-state index contributed by atoms with van der Waals surface area (Å²) in [4.78, 5) is 21.0. The van der Waals surface area contributed by atoms with E-state index in [-0.39, 0.29) is 6.03 Å². The molecular formula is C22H33N5O. The fourth-order valence-electron chi connectivity index (χ4n) is 3.73. The van der Waals surface area contributed by atoms with Crippen molar-refractivity contribution in [3.8, 4) is 0 Å². The molecule has 28 heavy (non-hydrogen) atoms. The lowest BCUT2D eigenvalue weighted by Gasteiger charge is -2.23. The zero-order valence-corrected chi connectivity index (χ0v) is 17.0. The molecule has 152 valence electrons. The van der Waals surface area contributed by atoms with Gasteiger partial charge in [-0.1, -0.05) is 30.3 Å². The molecule has 6 nitrogen and oxygen atoms in total. The van der Waals surface area contributed by atoms with E-state index in [2.05, 4.69) is 57.0 Å². The summed E-state index contributed by atoms with van der Waals surface area (Å²) in [5.41, 5.74) is 1.41. The van der Waals surface area contributed by atoms with Crippen LogP contribution in [0.5, 0.6) is 0 Å². The molecule has 0 radical (unpaired) electrons. The highest BCUT2D eigenvalue weighted by molar-refractivity contribution is 5.74. The van der Waals surface area contributed by atoms with Crippen LogP contribution in [0.1, 0.15) is 37.8 Å². The number of hydrogen-bond acceptors (Lipinski definition) is 3. The maximum atomic E-state index is 12.5. The number of urea groups is 1. The van der Waals surface area contributed by atoms with Gasteiger partial charge >= 0.3 is 6.03 Å². The summed E-state index contributed by atoms with van der Waals surface area (Å²) in [7, 11) is 0. The Morgan fingerprint density at radius 2 is 2.04 bits per heavy atom. The Bertz CT molecular complexity index is 688. The molecule has 0 spiro atoms. The lowest BCUT2D eigenvalue weighted by molar-refractivity contribution is 0.197. The topological polar surface area (TPSA) is 53.4 Å². The molecule has 1 saturated heterocycles. The molecule has 1 aliphatic rings. The number of aryl methyl sites for hydroxylation is 1. The third-order valence-corrected chi connectivity index (χ3v) is 5.53. The summed E-state index contributed by atoms with van der Waals surface area (Å²) < 4.78 is 2.07. The van der Waals surface area contributed by atoms with Crippen molar-refractivity contribution in [2.24, 2.45) is 0 Å². The van der Waals surface area contributed by atoms with Gasteiger partial charge in [-0.2, -0.15) is 0 Å². The molecule has 1 atom stereocenters. The van der Waals surface area contributed by atoms with Crippen molar-refractivity contribution >= 4 is 6.03 Å². The Morgan fingerprint density at radius 1 is 1.18 bits per heavy atom. The Labute approximate surface area is 168 Å². The third-order valence-electron chi connectivity index (χ3n) is 5.53. The SMILES string of the molecule is C[C@H](CCNC(=O)N1CCCN(CCCc2ccccc2)CC1)n1ccnc1. The summed E-state index contributed by atoms with van der Waals surface area (Å²) in [6.07, 6.45) is 9.82. The smallest absolute Gasteiger partial charge is 0.317 e. The van der Waals surface area contributed by atoms with Crippen LogP contribution in [0.2, 0.25) is 0 Å². The van der Waals surface area contributed by atoms with Gasteiger partial charge in [0.25, 0.3) is 0 Å². The van der Waals surface area contributed by atoms with Crippen LogP contribution >= 0.6 is 0 Å². The van der Waals surface area contributed by atoms with Gasteiger partial charge in [-0.15, -0.1) is 0 Å². The minimum Gasteiger partial charge on any atom is -0.338 e. The lowest BCUT2D eigenvalue weighted by Crippen LogP contribution is -2.42. The van der Waals surface area contributed by atoms with Gasteiger partial charge in [0.1, 0.15) is 0 Å². The van der Waals surface area contributed by atoms with Gasteiger partial charge < -0.3 is 19.7 Å². The second-order valence-electron chi connectivity index (χ2n) is 7.65. The van der Waals surface area contributed by atoms with E-state index in [0.717, 1.165) is 52.0 Å². The number of amides is 2. The number of aromatic nitrogens is 2. The molecule has 1 aromatic heterocycles. The number of imidazole rings is 1. The number of nitrogens with zero attached hydrogens (tertiary/aromatic N) is 4. The van der Waals surface area contributed by atoms with Crippen LogP contribution < -0.4 is 5.32 Å². The third kappa shape index (κ3) is 6.37. The van der Waals surface area contributed by atoms with Gasteiger partial charge in [0.15, 0.2) is 0 Å². The Hall–Kier alpha value is -2.34. The summed E-state index contributed by atoms with van der Waals surface area (Å²) in [6, 6.07) is 11.1. The highest BCUT2D eigenvalue weighted by atomic mass is 16.2. The van der Waals surface area contributed by atoms with E-state index >= 15 is 0 Å². The summed E-state index contributed by atoms with van der Waals surface area (Å²) in [5, 5.41) is 3.09. The zero-order valence-electron chi connectivity index (χ0n) is 17.0. The van der Waals surface area contributed by atoms with Crippen molar-refractivity contribution in [2.75, 3.05) is 39.3 Å². The number of benzene rings is 1. The second-order valence-corrected chi connectivity index (χ2v) is 7.65. The molecule has 3 rings (SSSR count). The van der Waals surface area contributed by atoms with Gasteiger partial charge in [0.05, 0.1) is 6.33 Å². The maximum Gasteiger partial charge on any atom is 0.317 e. The largest absolute Gasteiger partial charge is 0.338 e. The molecule has 1 aromatic carbocycles. The molecule has 2 amide bonds. The van der Waals surface area contributed by atoms with Crippen LogP contribution in [-0.2, 0) is 6.42 Å². The maximum absolute atomic E-state index is 12.5. The summed E-state index contributed by atoms with van der Waals surface area (Å²) in [5.74, 6) is 0. The van der Waals surface area contributed by atoms with Gasteiger partial charge in [-0.05, 0) is 51.3 Å². The monoisotopic (exact) mass is 383 g/mol. The first-order valence-electron chi connectivity index (χ1n) is 10.5. The van der Waals surface area contributed by atoms with E-state index in [9.17, 15) is 4.79 Å². The average molecular weight is 384 g/mol. The van der Waals surface area contributed by atoms with Crippen LogP contribution in [0.3, 0.4) is 0 Å². The van der Waals surface area contributed by atoms with Crippen molar-refractivity contribution in [1.29, 1.82) is 0 Å².